The van der Waals surface area contributed by atoms with Crippen LogP contribution >= 0.6 is 0 Å². The molecule has 0 aromatic rings. The van der Waals surface area contributed by atoms with Crippen LogP contribution in [0.2, 0.25) is 0 Å². The summed E-state index contributed by atoms with van der Waals surface area (Å²) in [6, 6.07) is 0.665. The zero-order valence-electron chi connectivity index (χ0n) is 8.41. The van der Waals surface area contributed by atoms with Gasteiger partial charge in [-0.2, -0.15) is 0 Å². The Hall–Kier alpha value is -0.120. The van der Waals surface area contributed by atoms with Crippen molar-refractivity contribution < 1.29 is 0 Å². The topological polar surface area (TPSA) is 36.1 Å². The Morgan fingerprint density at radius 2 is 1.83 bits per heavy atom. The highest BCUT2D eigenvalue weighted by Crippen LogP contribution is 2.25. The molecule has 1 rings (SSSR count). The standard InChI is InChI=1S/C9H21N3/c1-10-8-5-4-6-9(7-8,11-2)12-3/h8,10-12H,4-7H2,1-3H3. The van der Waals surface area contributed by atoms with E-state index in [0.29, 0.717) is 6.04 Å². The van der Waals surface area contributed by atoms with E-state index in [1.807, 2.05) is 21.1 Å². The molecular weight excluding hydrogens is 150 g/mol. The molecular formula is C9H21N3. The highest BCUT2D eigenvalue weighted by molar-refractivity contribution is 4.91. The number of rotatable bonds is 3. The molecule has 0 saturated heterocycles. The molecule has 0 bridgehead atoms. The van der Waals surface area contributed by atoms with Crippen LogP contribution < -0.4 is 16.0 Å². The summed E-state index contributed by atoms with van der Waals surface area (Å²) in [6.45, 7) is 0. The van der Waals surface area contributed by atoms with Crippen LogP contribution in [0.15, 0.2) is 0 Å². The van der Waals surface area contributed by atoms with Crippen molar-refractivity contribution in [1.82, 2.24) is 16.0 Å². The van der Waals surface area contributed by atoms with Gasteiger partial charge < -0.3 is 16.0 Å². The van der Waals surface area contributed by atoms with Gasteiger partial charge in [0.05, 0.1) is 5.66 Å². The van der Waals surface area contributed by atoms with Crippen molar-refractivity contribution >= 4 is 0 Å². The van der Waals surface area contributed by atoms with E-state index < -0.39 is 0 Å². The van der Waals surface area contributed by atoms with Gasteiger partial charge in [0.25, 0.3) is 0 Å². The zero-order chi connectivity index (χ0) is 9.03. The van der Waals surface area contributed by atoms with Gasteiger partial charge in [-0.25, -0.2) is 0 Å². The van der Waals surface area contributed by atoms with Crippen molar-refractivity contribution in [2.24, 2.45) is 0 Å². The second-order valence-electron chi connectivity index (χ2n) is 3.66. The van der Waals surface area contributed by atoms with E-state index in [9.17, 15) is 0 Å². The minimum Gasteiger partial charge on any atom is -0.317 e. The van der Waals surface area contributed by atoms with Crippen molar-refractivity contribution in [3.63, 3.8) is 0 Å². The summed E-state index contributed by atoms with van der Waals surface area (Å²) in [5.41, 5.74) is 0.173. The van der Waals surface area contributed by atoms with Gasteiger partial charge in [0, 0.05) is 6.04 Å². The third-order valence-electron chi connectivity index (χ3n) is 3.12. The summed E-state index contributed by atoms with van der Waals surface area (Å²) >= 11 is 0. The monoisotopic (exact) mass is 171 g/mol. The largest absolute Gasteiger partial charge is 0.317 e. The van der Waals surface area contributed by atoms with Gasteiger partial charge in [-0.3, -0.25) is 0 Å². The van der Waals surface area contributed by atoms with E-state index in [0.717, 1.165) is 0 Å². The fraction of sp³-hybridized carbons (Fsp3) is 1.00. The van der Waals surface area contributed by atoms with Crippen molar-refractivity contribution in [2.75, 3.05) is 21.1 Å². The molecule has 1 aliphatic rings. The molecule has 12 heavy (non-hydrogen) atoms. The number of hydrogen-bond donors (Lipinski definition) is 3. The quantitative estimate of drug-likeness (QED) is 0.534. The lowest BCUT2D eigenvalue weighted by Gasteiger charge is -2.40. The molecule has 72 valence electrons. The van der Waals surface area contributed by atoms with Crippen LogP contribution in [0, 0.1) is 0 Å². The SMILES string of the molecule is CNC1CCCC(NC)(NC)C1. The maximum atomic E-state index is 3.38. The van der Waals surface area contributed by atoms with Crippen molar-refractivity contribution in [2.45, 2.75) is 37.4 Å². The zero-order valence-corrected chi connectivity index (χ0v) is 8.41. The summed E-state index contributed by atoms with van der Waals surface area (Å²) in [5, 5.41) is 10.1. The molecule has 1 atom stereocenters. The van der Waals surface area contributed by atoms with Crippen molar-refractivity contribution in [1.29, 1.82) is 0 Å². The molecule has 1 unspecified atom stereocenters. The molecule has 0 amide bonds. The number of hydrogen-bond acceptors (Lipinski definition) is 3. The molecule has 1 aliphatic carbocycles. The fourth-order valence-electron chi connectivity index (χ4n) is 2.10. The van der Waals surface area contributed by atoms with Crippen LogP contribution in [0.5, 0.6) is 0 Å². The van der Waals surface area contributed by atoms with E-state index in [1.165, 1.54) is 25.7 Å². The van der Waals surface area contributed by atoms with Gasteiger partial charge in [0.2, 0.25) is 0 Å². The van der Waals surface area contributed by atoms with Crippen LogP contribution in [0.4, 0.5) is 0 Å². The van der Waals surface area contributed by atoms with Gasteiger partial charge in [-0.15, -0.1) is 0 Å². The van der Waals surface area contributed by atoms with Crippen molar-refractivity contribution in [3.8, 4) is 0 Å². The summed E-state index contributed by atoms with van der Waals surface area (Å²) in [6.07, 6.45) is 5.02. The third-order valence-corrected chi connectivity index (χ3v) is 3.12. The van der Waals surface area contributed by atoms with Gasteiger partial charge in [0.15, 0.2) is 0 Å². The smallest absolute Gasteiger partial charge is 0.0697 e. The maximum Gasteiger partial charge on any atom is 0.0697 e. The Labute approximate surface area is 75.3 Å². The van der Waals surface area contributed by atoms with Crippen LogP contribution in [0.25, 0.3) is 0 Å². The Morgan fingerprint density at radius 3 is 2.33 bits per heavy atom. The first-order valence-corrected chi connectivity index (χ1v) is 4.81. The third kappa shape index (κ3) is 1.97. The fourth-order valence-corrected chi connectivity index (χ4v) is 2.10. The number of nitrogens with one attached hydrogen (secondary N) is 3. The minimum atomic E-state index is 0.173. The predicted octanol–water partition coefficient (Wildman–Crippen LogP) is 0.284. The molecule has 0 aromatic carbocycles. The highest BCUT2D eigenvalue weighted by atomic mass is 15.2. The average molecular weight is 171 g/mol. The average Bonchev–Trinajstić information content (AvgIpc) is 2.18. The van der Waals surface area contributed by atoms with Crippen LogP contribution in [0.1, 0.15) is 25.7 Å². The molecule has 3 heteroatoms. The second-order valence-corrected chi connectivity index (χ2v) is 3.66. The van der Waals surface area contributed by atoms with Crippen LogP contribution in [-0.2, 0) is 0 Å². The minimum absolute atomic E-state index is 0.173. The Bertz CT molecular complexity index is 132. The van der Waals surface area contributed by atoms with Gasteiger partial charge >= 0.3 is 0 Å². The van der Waals surface area contributed by atoms with Gasteiger partial charge in [0.1, 0.15) is 0 Å². The van der Waals surface area contributed by atoms with Crippen molar-refractivity contribution in [3.05, 3.63) is 0 Å². The maximum absolute atomic E-state index is 3.38. The van der Waals surface area contributed by atoms with Crippen LogP contribution in [-0.4, -0.2) is 32.8 Å². The molecule has 3 N–H and O–H groups in total. The second kappa shape index (κ2) is 4.21. The molecule has 0 spiro atoms. The highest BCUT2D eigenvalue weighted by Gasteiger charge is 2.32. The lowest BCUT2D eigenvalue weighted by Crippen LogP contribution is -2.59. The summed E-state index contributed by atoms with van der Waals surface area (Å²) in [4.78, 5) is 0. The molecule has 1 fully saturated rings. The molecule has 0 aromatic heterocycles. The molecule has 0 heterocycles. The van der Waals surface area contributed by atoms with Gasteiger partial charge in [-0.1, -0.05) is 0 Å². The molecule has 0 radical (unpaired) electrons. The predicted molar refractivity (Wildman–Crippen MR) is 52.2 cm³/mol. The molecule has 3 nitrogen and oxygen atoms in total. The Morgan fingerprint density at radius 1 is 1.17 bits per heavy atom. The molecule has 1 saturated carbocycles. The van der Waals surface area contributed by atoms with Gasteiger partial charge in [-0.05, 0) is 46.8 Å². The van der Waals surface area contributed by atoms with E-state index in [1.54, 1.807) is 0 Å². The lowest BCUT2D eigenvalue weighted by atomic mass is 9.85. The summed E-state index contributed by atoms with van der Waals surface area (Å²) < 4.78 is 0. The summed E-state index contributed by atoms with van der Waals surface area (Å²) in [7, 11) is 6.12. The summed E-state index contributed by atoms with van der Waals surface area (Å²) in [5.74, 6) is 0. The van der Waals surface area contributed by atoms with E-state index >= 15 is 0 Å². The van der Waals surface area contributed by atoms with E-state index in [2.05, 4.69) is 16.0 Å². The normalized spacial score (nSPS) is 28.8. The first-order valence-electron chi connectivity index (χ1n) is 4.81. The lowest BCUT2D eigenvalue weighted by molar-refractivity contribution is 0.178. The first kappa shape index (κ1) is 9.96. The van der Waals surface area contributed by atoms with Crippen LogP contribution in [0.3, 0.4) is 0 Å². The Kier molecular flexibility index (Phi) is 3.50. The molecule has 0 aliphatic heterocycles. The first-order chi connectivity index (χ1) is 5.76. The van der Waals surface area contributed by atoms with E-state index in [-0.39, 0.29) is 5.66 Å². The van der Waals surface area contributed by atoms with E-state index in [4.69, 9.17) is 0 Å². The Balaban J connectivity index is 2.52.